The summed E-state index contributed by atoms with van der Waals surface area (Å²) in [5, 5.41) is 21.3. The largest absolute Gasteiger partial charge is 0.493 e. The number of aliphatic hydroxyl groups excluding tert-OH is 2. The summed E-state index contributed by atoms with van der Waals surface area (Å²) in [4.78, 5) is 0. The summed E-state index contributed by atoms with van der Waals surface area (Å²) < 4.78 is 27.6. The molecule has 0 aromatic heterocycles. The molecule has 6 rings (SSSR count). The van der Waals surface area contributed by atoms with Crippen molar-refractivity contribution in [2.45, 2.75) is 12.2 Å². The molecule has 2 atom stereocenters. The van der Waals surface area contributed by atoms with Gasteiger partial charge in [-0.2, -0.15) is 0 Å². The zero-order valence-corrected chi connectivity index (χ0v) is 15.4. The molecule has 27 heavy (non-hydrogen) atoms. The number of aliphatic hydroxyl groups is 2. The van der Waals surface area contributed by atoms with Crippen LogP contribution in [0.4, 0.5) is 0 Å². The van der Waals surface area contributed by atoms with E-state index in [2.05, 4.69) is 0 Å². The number of methoxy groups -OCH3 is 2. The Labute approximate surface area is 158 Å². The maximum atomic E-state index is 10.7. The lowest BCUT2D eigenvalue weighted by atomic mass is 9.97. The summed E-state index contributed by atoms with van der Waals surface area (Å²) in [6.45, 7) is 1.48. The lowest BCUT2D eigenvalue weighted by Gasteiger charge is -2.21. The van der Waals surface area contributed by atoms with Gasteiger partial charge in [-0.1, -0.05) is 12.1 Å². The summed E-state index contributed by atoms with van der Waals surface area (Å²) in [6.07, 6.45) is -2.30. The highest BCUT2D eigenvalue weighted by Crippen LogP contribution is 2.42. The van der Waals surface area contributed by atoms with E-state index in [1.807, 2.05) is 0 Å². The minimum Gasteiger partial charge on any atom is -0.493 e. The zero-order chi connectivity index (χ0) is 19.2. The van der Waals surface area contributed by atoms with Crippen molar-refractivity contribution in [3.8, 4) is 23.0 Å². The fourth-order valence-electron chi connectivity index (χ4n) is 2.86. The molecule has 0 spiro atoms. The quantitative estimate of drug-likeness (QED) is 0.831. The molecule has 4 aliphatic rings. The predicted octanol–water partition coefficient (Wildman–Crippen LogP) is 2.26. The van der Waals surface area contributed by atoms with Crippen LogP contribution in [0.25, 0.3) is 0 Å². The first-order valence-electron chi connectivity index (χ1n) is 8.69. The van der Waals surface area contributed by atoms with Crippen LogP contribution in [0.15, 0.2) is 36.4 Å². The number of ether oxygens (including phenoxy) is 5. The van der Waals surface area contributed by atoms with Crippen molar-refractivity contribution in [1.82, 2.24) is 0 Å². The molecule has 7 heteroatoms. The van der Waals surface area contributed by atoms with Crippen molar-refractivity contribution in [3.05, 3.63) is 47.5 Å². The van der Waals surface area contributed by atoms with Gasteiger partial charge in [0.15, 0.2) is 11.5 Å². The molecule has 0 saturated heterocycles. The van der Waals surface area contributed by atoms with Gasteiger partial charge in [-0.15, -0.1) is 0 Å². The third kappa shape index (κ3) is 4.44. The van der Waals surface area contributed by atoms with Crippen molar-refractivity contribution >= 4 is 0 Å². The molecule has 0 amide bonds. The van der Waals surface area contributed by atoms with Crippen LogP contribution >= 0.6 is 0 Å². The van der Waals surface area contributed by atoms with Gasteiger partial charge in [0.05, 0.1) is 27.4 Å². The van der Waals surface area contributed by atoms with Crippen LogP contribution < -0.4 is 18.9 Å². The maximum absolute atomic E-state index is 10.7. The number of rotatable bonds is 2. The van der Waals surface area contributed by atoms with Gasteiger partial charge in [0.1, 0.15) is 31.2 Å². The first-order valence-corrected chi connectivity index (χ1v) is 8.69. The highest BCUT2D eigenvalue weighted by Gasteiger charge is 2.24. The smallest absolute Gasteiger partial charge is 0.203 e. The van der Waals surface area contributed by atoms with E-state index in [1.165, 1.54) is 14.2 Å². The van der Waals surface area contributed by atoms with Gasteiger partial charge < -0.3 is 33.9 Å². The average molecular weight is 376 g/mol. The van der Waals surface area contributed by atoms with Gasteiger partial charge in [-0.25, -0.2) is 0 Å². The van der Waals surface area contributed by atoms with Crippen LogP contribution in [0.1, 0.15) is 23.3 Å². The molecule has 2 aromatic carbocycles. The molecular weight excluding hydrogens is 352 g/mol. The second kappa shape index (κ2) is 8.94. The Morgan fingerprint density at radius 2 is 1.33 bits per heavy atom. The Morgan fingerprint density at radius 1 is 0.778 bits per heavy atom. The summed E-state index contributed by atoms with van der Waals surface area (Å²) in [7, 11) is 3.01. The second-order valence-corrected chi connectivity index (χ2v) is 6.02. The van der Waals surface area contributed by atoms with Crippen LogP contribution in [0.2, 0.25) is 0 Å². The Morgan fingerprint density at radius 3 is 1.93 bits per heavy atom. The molecule has 2 N–H and O–H groups in total. The fraction of sp³-hybridized carbons (Fsp3) is 0.400. The maximum Gasteiger partial charge on any atom is 0.203 e. The molecule has 0 unspecified atom stereocenters. The highest BCUT2D eigenvalue weighted by molar-refractivity contribution is 5.54. The summed E-state index contributed by atoms with van der Waals surface area (Å²) >= 11 is 0. The minimum atomic E-state index is -1.17. The van der Waals surface area contributed by atoms with Crippen molar-refractivity contribution in [2.24, 2.45) is 0 Å². The van der Waals surface area contributed by atoms with E-state index in [0.717, 1.165) is 0 Å². The molecule has 0 aliphatic carbocycles. The zero-order valence-electron chi connectivity index (χ0n) is 15.4. The SMILES string of the molecule is COc1cc2cc(OC)c1OCCOCCOc1ccc(cc1)[C@H](O)[C@@H]2O. The highest BCUT2D eigenvalue weighted by atomic mass is 16.6. The van der Waals surface area contributed by atoms with Gasteiger partial charge in [-0.05, 0) is 35.4 Å². The van der Waals surface area contributed by atoms with E-state index in [0.29, 0.717) is 60.6 Å². The summed E-state index contributed by atoms with van der Waals surface area (Å²) in [6, 6.07) is 10.2. The van der Waals surface area contributed by atoms with Crippen molar-refractivity contribution in [1.29, 1.82) is 0 Å². The van der Waals surface area contributed by atoms with Gasteiger partial charge in [0.25, 0.3) is 0 Å². The van der Waals surface area contributed by atoms with Gasteiger partial charge in [0.2, 0.25) is 5.75 Å². The van der Waals surface area contributed by atoms with E-state index >= 15 is 0 Å². The van der Waals surface area contributed by atoms with Crippen LogP contribution in [0, 0.1) is 0 Å². The van der Waals surface area contributed by atoms with Crippen molar-refractivity contribution in [2.75, 3.05) is 40.6 Å². The van der Waals surface area contributed by atoms with Crippen LogP contribution in [-0.2, 0) is 4.74 Å². The summed E-state index contributed by atoms with van der Waals surface area (Å²) in [5.41, 5.74) is 1.01. The molecule has 4 bridgehead atoms. The molecular formula is C20H24O7. The fourth-order valence-corrected chi connectivity index (χ4v) is 2.86. The number of hydrogen-bond acceptors (Lipinski definition) is 7. The minimum absolute atomic E-state index is 0.297. The first kappa shape index (κ1) is 19.3. The second-order valence-electron chi connectivity index (χ2n) is 6.02. The standard InChI is InChI=1S/C20H24O7/c1-23-16-11-14-12-17(24-2)20(16)27-10-8-25-7-9-26-15-5-3-13(4-6-15)18(21)19(14)22/h3-6,11-12,18-19,21-22H,7-10H2,1-2H3/t18-,19+/m0/s1. The normalized spacial score (nSPS) is 20.4. The van der Waals surface area contributed by atoms with Crippen LogP contribution in [0.5, 0.6) is 23.0 Å². The number of hydrogen-bond donors (Lipinski definition) is 2. The molecule has 2 aromatic rings. The average Bonchev–Trinajstić information content (AvgIpc) is 2.71. The van der Waals surface area contributed by atoms with E-state index < -0.39 is 12.2 Å². The third-order valence-electron chi connectivity index (χ3n) is 4.32. The third-order valence-corrected chi connectivity index (χ3v) is 4.32. The first-order chi connectivity index (χ1) is 13.1. The van der Waals surface area contributed by atoms with Crippen LogP contribution in [0.3, 0.4) is 0 Å². The van der Waals surface area contributed by atoms with Gasteiger partial charge in [0, 0.05) is 0 Å². The van der Waals surface area contributed by atoms with Crippen molar-refractivity contribution in [3.63, 3.8) is 0 Å². The molecule has 0 fully saturated rings. The van der Waals surface area contributed by atoms with Gasteiger partial charge >= 0.3 is 0 Å². The number of benzene rings is 2. The Bertz CT molecular complexity index is 719. The molecule has 7 nitrogen and oxygen atoms in total. The Balaban J connectivity index is 1.99. The molecule has 0 radical (unpaired) electrons. The molecule has 4 aliphatic heterocycles. The lowest BCUT2D eigenvalue weighted by Crippen LogP contribution is -2.13. The molecule has 4 heterocycles. The van der Waals surface area contributed by atoms with Crippen molar-refractivity contribution < 1.29 is 33.9 Å². The monoisotopic (exact) mass is 376 g/mol. The Hall–Kier alpha value is -2.48. The van der Waals surface area contributed by atoms with E-state index in [-0.39, 0.29) is 0 Å². The molecule has 146 valence electrons. The van der Waals surface area contributed by atoms with E-state index in [4.69, 9.17) is 23.7 Å². The Kier molecular flexibility index (Phi) is 6.39. The molecule has 0 saturated carbocycles. The van der Waals surface area contributed by atoms with E-state index in [9.17, 15) is 10.2 Å². The predicted molar refractivity (Wildman–Crippen MR) is 97.7 cm³/mol. The summed E-state index contributed by atoms with van der Waals surface area (Å²) in [5.74, 6) is 1.88. The topological polar surface area (TPSA) is 86.6 Å². The van der Waals surface area contributed by atoms with E-state index in [1.54, 1.807) is 36.4 Å². The van der Waals surface area contributed by atoms with Crippen LogP contribution in [-0.4, -0.2) is 50.9 Å². The lowest BCUT2D eigenvalue weighted by molar-refractivity contribution is 0.0169. The van der Waals surface area contributed by atoms with Gasteiger partial charge in [-0.3, -0.25) is 0 Å².